The van der Waals surface area contributed by atoms with Crippen LogP contribution < -0.4 is 10.6 Å². The van der Waals surface area contributed by atoms with Crippen LogP contribution in [0.2, 0.25) is 0 Å². The predicted octanol–water partition coefficient (Wildman–Crippen LogP) is 3.12. The van der Waals surface area contributed by atoms with Crippen molar-refractivity contribution in [1.82, 2.24) is 19.9 Å². The number of aromatic amines is 1. The van der Waals surface area contributed by atoms with Crippen LogP contribution in [0.15, 0.2) is 24.5 Å². The zero-order valence-electron chi connectivity index (χ0n) is 17.4. The Kier molecular flexibility index (Phi) is 5.57. The minimum Gasteiger partial charge on any atom is -0.381 e. The van der Waals surface area contributed by atoms with E-state index in [0.717, 1.165) is 54.2 Å². The van der Waals surface area contributed by atoms with Crippen molar-refractivity contribution in [2.75, 3.05) is 23.8 Å². The quantitative estimate of drug-likeness (QED) is 0.493. The second-order valence-corrected chi connectivity index (χ2v) is 7.99. The number of imidazole rings is 1. The molecule has 1 saturated heterocycles. The second-order valence-electron chi connectivity index (χ2n) is 7.99. The highest BCUT2D eigenvalue weighted by molar-refractivity contribution is 5.84. The maximum Gasteiger partial charge on any atom is 0.231 e. The number of ether oxygens (including phenoxy) is 1. The fraction of sp³-hybridized carbons (Fsp3) is 0.409. The van der Waals surface area contributed by atoms with Gasteiger partial charge in [0.05, 0.1) is 6.33 Å². The molecule has 30 heavy (non-hydrogen) atoms. The maximum atomic E-state index is 9.79. The van der Waals surface area contributed by atoms with Crippen LogP contribution in [0.25, 0.3) is 11.2 Å². The van der Waals surface area contributed by atoms with Crippen LogP contribution in [-0.4, -0.2) is 49.9 Å². The van der Waals surface area contributed by atoms with Gasteiger partial charge in [-0.3, -0.25) is 0 Å². The molecule has 0 amide bonds. The molecule has 8 nitrogen and oxygen atoms in total. The first-order chi connectivity index (χ1) is 14.4. The van der Waals surface area contributed by atoms with Crippen LogP contribution in [0.1, 0.15) is 37.8 Å². The van der Waals surface area contributed by atoms with Gasteiger partial charge in [0.15, 0.2) is 11.5 Å². The number of hydrogen-bond acceptors (Lipinski definition) is 7. The van der Waals surface area contributed by atoms with Crippen LogP contribution >= 0.6 is 0 Å². The summed E-state index contributed by atoms with van der Waals surface area (Å²) < 4.78 is 5.44. The van der Waals surface area contributed by atoms with E-state index in [0.29, 0.717) is 17.6 Å². The van der Waals surface area contributed by atoms with E-state index in [-0.39, 0.29) is 0 Å². The van der Waals surface area contributed by atoms with E-state index in [1.165, 1.54) is 0 Å². The number of aromatic nitrogens is 4. The maximum absolute atomic E-state index is 9.79. The van der Waals surface area contributed by atoms with Gasteiger partial charge < -0.3 is 25.5 Å². The van der Waals surface area contributed by atoms with E-state index < -0.39 is 5.60 Å². The highest BCUT2D eigenvalue weighted by Gasteiger charge is 2.18. The first-order valence-electron chi connectivity index (χ1n) is 10.1. The lowest BCUT2D eigenvalue weighted by Gasteiger charge is -2.23. The number of benzene rings is 1. The normalized spacial score (nSPS) is 14.9. The summed E-state index contributed by atoms with van der Waals surface area (Å²) in [6, 6.07) is 6.12. The molecular formula is C22H26N6O2. The largest absolute Gasteiger partial charge is 0.381 e. The van der Waals surface area contributed by atoms with Crippen LogP contribution in [0.4, 0.5) is 17.5 Å². The van der Waals surface area contributed by atoms with Gasteiger partial charge in [-0.2, -0.15) is 9.97 Å². The molecule has 1 aliphatic rings. The molecule has 0 unspecified atom stereocenters. The number of H-pyrrole nitrogens is 1. The summed E-state index contributed by atoms with van der Waals surface area (Å²) in [5.41, 5.74) is 3.10. The van der Waals surface area contributed by atoms with Crippen LogP contribution in [0.5, 0.6) is 0 Å². The molecule has 3 aromatic rings. The van der Waals surface area contributed by atoms with E-state index in [9.17, 15) is 5.11 Å². The fourth-order valence-corrected chi connectivity index (χ4v) is 3.26. The van der Waals surface area contributed by atoms with Gasteiger partial charge in [-0.1, -0.05) is 11.8 Å². The second kappa shape index (κ2) is 8.30. The number of aryl methyl sites for hydroxylation is 1. The van der Waals surface area contributed by atoms with Crippen LogP contribution in [0, 0.1) is 18.8 Å². The highest BCUT2D eigenvalue weighted by Crippen LogP contribution is 2.25. The molecule has 0 radical (unpaired) electrons. The predicted molar refractivity (Wildman–Crippen MR) is 117 cm³/mol. The highest BCUT2D eigenvalue weighted by atomic mass is 16.5. The fourth-order valence-electron chi connectivity index (χ4n) is 3.26. The third-order valence-corrected chi connectivity index (χ3v) is 4.83. The van der Waals surface area contributed by atoms with Crippen molar-refractivity contribution in [2.24, 2.45) is 0 Å². The van der Waals surface area contributed by atoms with Crippen LogP contribution in [0.3, 0.4) is 0 Å². The number of rotatable bonds is 4. The molecule has 0 atom stereocenters. The molecule has 4 N–H and O–H groups in total. The Bertz CT molecular complexity index is 1100. The number of anilines is 3. The number of nitrogens with one attached hydrogen (secondary N) is 3. The van der Waals surface area contributed by atoms with Crippen molar-refractivity contribution >= 4 is 28.6 Å². The molecule has 1 aromatic carbocycles. The van der Waals surface area contributed by atoms with Gasteiger partial charge in [0.2, 0.25) is 5.95 Å². The average molecular weight is 406 g/mol. The van der Waals surface area contributed by atoms with Crippen molar-refractivity contribution in [3.8, 4) is 11.8 Å². The summed E-state index contributed by atoms with van der Waals surface area (Å²) in [5, 5.41) is 16.6. The Labute approximate surface area is 175 Å². The zero-order chi connectivity index (χ0) is 21.1. The zero-order valence-corrected chi connectivity index (χ0v) is 17.4. The van der Waals surface area contributed by atoms with Crippen molar-refractivity contribution in [2.45, 2.75) is 45.3 Å². The smallest absolute Gasteiger partial charge is 0.231 e. The Hall–Kier alpha value is -3.15. The van der Waals surface area contributed by atoms with E-state index in [1.54, 1.807) is 20.2 Å². The monoisotopic (exact) mass is 406 g/mol. The third-order valence-electron chi connectivity index (χ3n) is 4.83. The lowest BCUT2D eigenvalue weighted by atomic mass is 10.1. The van der Waals surface area contributed by atoms with Crippen LogP contribution in [-0.2, 0) is 4.74 Å². The van der Waals surface area contributed by atoms with Crippen molar-refractivity contribution < 1.29 is 9.84 Å². The lowest BCUT2D eigenvalue weighted by molar-refractivity contribution is 0.0904. The molecule has 3 heterocycles. The van der Waals surface area contributed by atoms with Crippen molar-refractivity contribution in [3.05, 3.63) is 35.7 Å². The van der Waals surface area contributed by atoms with E-state index in [2.05, 4.69) is 42.4 Å². The topological polar surface area (TPSA) is 108 Å². The summed E-state index contributed by atoms with van der Waals surface area (Å²) in [6.07, 6.45) is 3.50. The summed E-state index contributed by atoms with van der Waals surface area (Å²) in [6.45, 7) is 6.82. The molecule has 0 spiro atoms. The van der Waals surface area contributed by atoms with Gasteiger partial charge in [0.1, 0.15) is 11.1 Å². The molecule has 2 aromatic heterocycles. The molecule has 1 aliphatic heterocycles. The van der Waals surface area contributed by atoms with Gasteiger partial charge in [-0.15, -0.1) is 0 Å². The summed E-state index contributed by atoms with van der Waals surface area (Å²) in [5.74, 6) is 7.04. The summed E-state index contributed by atoms with van der Waals surface area (Å²) in [7, 11) is 0. The number of fused-ring (bicyclic) bond motifs is 1. The van der Waals surface area contributed by atoms with E-state index in [1.807, 2.05) is 25.1 Å². The van der Waals surface area contributed by atoms with E-state index in [4.69, 9.17) is 4.74 Å². The molecule has 8 heteroatoms. The van der Waals surface area contributed by atoms with Crippen molar-refractivity contribution in [3.63, 3.8) is 0 Å². The molecule has 0 bridgehead atoms. The molecule has 4 rings (SSSR count). The number of hydrogen-bond donors (Lipinski definition) is 4. The number of aliphatic hydroxyl groups is 1. The molecule has 156 valence electrons. The Balaban J connectivity index is 1.58. The minimum absolute atomic E-state index is 0.309. The Morgan fingerprint density at radius 2 is 2.03 bits per heavy atom. The molecular weight excluding hydrogens is 380 g/mol. The van der Waals surface area contributed by atoms with Gasteiger partial charge in [0.25, 0.3) is 0 Å². The lowest BCUT2D eigenvalue weighted by Crippen LogP contribution is -2.28. The SMILES string of the molecule is Cc1cc(C#CC(C)(C)O)ccc1Nc1nc(NC2CCOCC2)c2[nH]cnc2n1. The van der Waals surface area contributed by atoms with Gasteiger partial charge in [-0.05, 0) is 57.4 Å². The standard InChI is InChI=1S/C22H26N6O2/c1-14-12-15(6-9-22(2,3)29)4-5-17(14)26-21-27-19-18(23-13-24-19)20(28-21)25-16-7-10-30-11-8-16/h4-5,12-13,16,29H,7-8,10-11H2,1-3H3,(H3,23,24,25,26,27,28). The number of nitrogens with zero attached hydrogens (tertiary/aromatic N) is 3. The first-order valence-corrected chi connectivity index (χ1v) is 10.1. The van der Waals surface area contributed by atoms with Gasteiger partial charge >= 0.3 is 0 Å². The molecule has 0 saturated carbocycles. The average Bonchev–Trinajstić information content (AvgIpc) is 3.17. The summed E-state index contributed by atoms with van der Waals surface area (Å²) in [4.78, 5) is 16.6. The molecule has 0 aliphatic carbocycles. The minimum atomic E-state index is -1.02. The third kappa shape index (κ3) is 4.87. The van der Waals surface area contributed by atoms with E-state index >= 15 is 0 Å². The van der Waals surface area contributed by atoms with Crippen molar-refractivity contribution in [1.29, 1.82) is 0 Å². The summed E-state index contributed by atoms with van der Waals surface area (Å²) >= 11 is 0. The Morgan fingerprint density at radius 3 is 2.77 bits per heavy atom. The Morgan fingerprint density at radius 1 is 1.23 bits per heavy atom. The first kappa shape index (κ1) is 20.1. The molecule has 1 fully saturated rings. The van der Waals surface area contributed by atoms with Gasteiger partial charge in [-0.25, -0.2) is 4.98 Å². The van der Waals surface area contributed by atoms with Gasteiger partial charge in [0, 0.05) is 30.5 Å².